The molecule has 18 heavy (non-hydrogen) atoms. The Labute approximate surface area is 111 Å². The average molecular weight is 263 g/mol. The molecule has 0 bridgehead atoms. The van der Waals surface area contributed by atoms with Gasteiger partial charge < -0.3 is 14.3 Å². The second-order valence-corrected chi connectivity index (χ2v) is 5.83. The molecule has 1 aliphatic heterocycles. The fourth-order valence-corrected chi connectivity index (χ4v) is 3.12. The summed E-state index contributed by atoms with van der Waals surface area (Å²) in [6.45, 7) is 5.07. The van der Waals surface area contributed by atoms with E-state index >= 15 is 0 Å². The summed E-state index contributed by atoms with van der Waals surface area (Å²) in [6.07, 6.45) is 5.63. The molecule has 0 saturated carbocycles. The first-order valence-electron chi connectivity index (χ1n) is 6.25. The maximum Gasteiger partial charge on any atom is 0.178 e. The van der Waals surface area contributed by atoms with Crippen molar-refractivity contribution in [3.63, 3.8) is 0 Å². The van der Waals surface area contributed by atoms with E-state index in [1.165, 1.54) is 0 Å². The number of hydrogen-bond donors (Lipinski definition) is 1. The van der Waals surface area contributed by atoms with Crippen LogP contribution in [0.25, 0.3) is 11.0 Å². The first-order valence-corrected chi connectivity index (χ1v) is 6.66. The van der Waals surface area contributed by atoms with Crippen molar-refractivity contribution >= 4 is 23.3 Å². The van der Waals surface area contributed by atoms with Crippen LogP contribution < -0.4 is 0 Å². The van der Waals surface area contributed by atoms with Crippen molar-refractivity contribution < 1.29 is 4.74 Å². The van der Waals surface area contributed by atoms with Gasteiger partial charge in [-0.2, -0.15) is 0 Å². The van der Waals surface area contributed by atoms with E-state index in [9.17, 15) is 0 Å². The van der Waals surface area contributed by atoms with Gasteiger partial charge in [0.2, 0.25) is 0 Å². The number of aromatic amines is 1. The van der Waals surface area contributed by atoms with Crippen LogP contribution in [0.5, 0.6) is 0 Å². The molecule has 4 nitrogen and oxygen atoms in total. The van der Waals surface area contributed by atoms with Crippen molar-refractivity contribution in [2.45, 2.75) is 38.3 Å². The molecule has 1 aliphatic rings. The summed E-state index contributed by atoms with van der Waals surface area (Å²) in [5.41, 5.74) is 2.07. The molecule has 5 heteroatoms. The summed E-state index contributed by atoms with van der Waals surface area (Å²) < 4.78 is 8.77. The molecule has 96 valence electrons. The number of rotatable bonds is 1. The van der Waals surface area contributed by atoms with Crippen LogP contribution in [0, 0.1) is 4.77 Å². The Morgan fingerprint density at radius 2 is 2.39 bits per heavy atom. The highest BCUT2D eigenvalue weighted by Crippen LogP contribution is 2.34. The molecule has 3 heterocycles. The number of imidazole rings is 1. The van der Waals surface area contributed by atoms with Gasteiger partial charge in [0, 0.05) is 18.8 Å². The zero-order chi connectivity index (χ0) is 12.8. The molecular formula is C13H17N3OS. The van der Waals surface area contributed by atoms with E-state index in [-0.39, 0.29) is 5.60 Å². The van der Waals surface area contributed by atoms with Crippen molar-refractivity contribution in [1.29, 1.82) is 0 Å². The Morgan fingerprint density at radius 3 is 3.17 bits per heavy atom. The summed E-state index contributed by atoms with van der Waals surface area (Å²) in [6, 6.07) is 2.42. The molecule has 1 fully saturated rings. The van der Waals surface area contributed by atoms with Crippen LogP contribution in [0.1, 0.15) is 32.7 Å². The summed E-state index contributed by atoms with van der Waals surface area (Å²) in [4.78, 5) is 7.35. The molecule has 3 rings (SSSR count). The average Bonchev–Trinajstić information content (AvgIpc) is 2.63. The predicted octanol–water partition coefficient (Wildman–Crippen LogP) is 3.22. The highest BCUT2D eigenvalue weighted by atomic mass is 32.1. The van der Waals surface area contributed by atoms with Gasteiger partial charge in [-0.3, -0.25) is 4.98 Å². The number of ether oxygens (including phenoxy) is 1. The summed E-state index contributed by atoms with van der Waals surface area (Å²) in [5.74, 6) is 0. The topological polar surface area (TPSA) is 42.8 Å². The summed E-state index contributed by atoms with van der Waals surface area (Å²) in [7, 11) is 0. The maximum absolute atomic E-state index is 5.78. The van der Waals surface area contributed by atoms with E-state index in [2.05, 4.69) is 28.4 Å². The van der Waals surface area contributed by atoms with E-state index in [1.54, 1.807) is 0 Å². The van der Waals surface area contributed by atoms with E-state index in [1.807, 2.05) is 18.5 Å². The lowest BCUT2D eigenvalue weighted by Crippen LogP contribution is -2.35. The molecule has 1 atom stereocenters. The maximum atomic E-state index is 5.78. The molecule has 2 aromatic rings. The van der Waals surface area contributed by atoms with E-state index in [4.69, 9.17) is 17.0 Å². The number of H-pyrrole nitrogens is 1. The van der Waals surface area contributed by atoms with Crippen LogP contribution in [0.3, 0.4) is 0 Å². The molecule has 0 spiro atoms. The van der Waals surface area contributed by atoms with Crippen molar-refractivity contribution in [2.24, 2.45) is 0 Å². The van der Waals surface area contributed by atoms with Gasteiger partial charge in [-0.05, 0) is 45.0 Å². The normalized spacial score (nSPS) is 23.3. The molecule has 0 radical (unpaired) electrons. The van der Waals surface area contributed by atoms with Gasteiger partial charge >= 0.3 is 0 Å². The zero-order valence-corrected chi connectivity index (χ0v) is 11.5. The number of aromatic nitrogens is 3. The molecule has 1 N–H and O–H groups in total. The van der Waals surface area contributed by atoms with Crippen molar-refractivity contribution in [1.82, 2.24) is 14.5 Å². The molecule has 0 amide bonds. The Kier molecular flexibility index (Phi) is 2.75. The molecule has 2 aromatic heterocycles. The monoisotopic (exact) mass is 263 g/mol. The quantitative estimate of drug-likeness (QED) is 0.803. The van der Waals surface area contributed by atoms with Gasteiger partial charge in [0.05, 0.1) is 22.8 Å². The Bertz CT molecular complexity index is 628. The number of fused-ring (bicyclic) bond motifs is 1. The fraction of sp³-hybridized carbons (Fsp3) is 0.538. The molecule has 1 saturated heterocycles. The van der Waals surface area contributed by atoms with Crippen LogP contribution in [0.15, 0.2) is 18.5 Å². The minimum atomic E-state index is -0.0751. The third kappa shape index (κ3) is 1.97. The van der Waals surface area contributed by atoms with Gasteiger partial charge in [0.25, 0.3) is 0 Å². The lowest BCUT2D eigenvalue weighted by Gasteiger charge is -2.36. The van der Waals surface area contributed by atoms with Crippen LogP contribution in [0.2, 0.25) is 0 Å². The van der Waals surface area contributed by atoms with E-state index in [0.29, 0.717) is 6.04 Å². The van der Waals surface area contributed by atoms with Crippen molar-refractivity contribution in [2.75, 3.05) is 6.61 Å². The van der Waals surface area contributed by atoms with Crippen molar-refractivity contribution in [3.05, 3.63) is 23.2 Å². The van der Waals surface area contributed by atoms with Crippen LogP contribution >= 0.6 is 12.2 Å². The summed E-state index contributed by atoms with van der Waals surface area (Å²) >= 11 is 5.45. The Balaban J connectivity index is 2.09. The lowest BCUT2D eigenvalue weighted by molar-refractivity contribution is -0.0687. The molecule has 0 aromatic carbocycles. The lowest BCUT2D eigenvalue weighted by atomic mass is 9.94. The minimum Gasteiger partial charge on any atom is -0.375 e. The van der Waals surface area contributed by atoms with Gasteiger partial charge in [0.15, 0.2) is 4.77 Å². The van der Waals surface area contributed by atoms with Crippen LogP contribution in [-0.4, -0.2) is 26.7 Å². The minimum absolute atomic E-state index is 0.0751. The number of hydrogen-bond acceptors (Lipinski definition) is 3. The molecule has 1 unspecified atom stereocenters. The number of nitrogens with zero attached hydrogens (tertiary/aromatic N) is 2. The van der Waals surface area contributed by atoms with E-state index < -0.39 is 0 Å². The standard InChI is InChI=1S/C13H17N3OS/c1-13(2)7-9(4-6-17-13)16-11-3-5-14-8-10(11)15-12(16)18/h3,5,8-9H,4,6-7H2,1-2H3,(H,15,18). The van der Waals surface area contributed by atoms with Crippen molar-refractivity contribution in [3.8, 4) is 0 Å². The second-order valence-electron chi connectivity index (χ2n) is 5.45. The summed E-state index contributed by atoms with van der Waals surface area (Å²) in [5, 5.41) is 0. The number of pyridine rings is 1. The highest BCUT2D eigenvalue weighted by Gasteiger charge is 2.30. The van der Waals surface area contributed by atoms with Crippen LogP contribution in [0.4, 0.5) is 0 Å². The largest absolute Gasteiger partial charge is 0.375 e. The zero-order valence-electron chi connectivity index (χ0n) is 10.6. The van der Waals surface area contributed by atoms with Crippen LogP contribution in [-0.2, 0) is 4.74 Å². The second kappa shape index (κ2) is 4.17. The van der Waals surface area contributed by atoms with Gasteiger partial charge in [-0.25, -0.2) is 0 Å². The smallest absolute Gasteiger partial charge is 0.178 e. The molecular weight excluding hydrogens is 246 g/mol. The van der Waals surface area contributed by atoms with Gasteiger partial charge in [-0.15, -0.1) is 0 Å². The van der Waals surface area contributed by atoms with Gasteiger partial charge in [-0.1, -0.05) is 0 Å². The Morgan fingerprint density at radius 1 is 1.56 bits per heavy atom. The molecule has 0 aliphatic carbocycles. The Hall–Kier alpha value is -1.20. The third-order valence-corrected chi connectivity index (χ3v) is 3.85. The third-order valence-electron chi connectivity index (χ3n) is 3.55. The predicted molar refractivity (Wildman–Crippen MR) is 73.2 cm³/mol. The van der Waals surface area contributed by atoms with E-state index in [0.717, 1.165) is 35.3 Å². The van der Waals surface area contributed by atoms with Gasteiger partial charge in [0.1, 0.15) is 0 Å². The fourth-order valence-electron chi connectivity index (χ4n) is 2.76. The highest BCUT2D eigenvalue weighted by molar-refractivity contribution is 7.71. The number of nitrogens with one attached hydrogen (secondary N) is 1. The first-order chi connectivity index (χ1) is 8.57. The SMILES string of the molecule is CC1(C)CC(n2c(=S)[nH]c3cnccc32)CCO1. The first kappa shape index (κ1) is 11.9.